The number of carbonyl (C=O) groups is 3. The summed E-state index contributed by atoms with van der Waals surface area (Å²) in [6, 6.07) is 0. The molecule has 3 atom stereocenters. The van der Waals surface area contributed by atoms with Crippen LogP contribution in [0.15, 0.2) is 60.8 Å². The maximum atomic E-state index is 13.0. The van der Waals surface area contributed by atoms with E-state index in [9.17, 15) is 28.9 Å². The normalized spacial score (nSPS) is 13.6. The molecule has 466 valence electrons. The molecule has 0 bridgehead atoms. The third-order valence-corrected chi connectivity index (χ3v) is 15.4. The van der Waals surface area contributed by atoms with Crippen molar-refractivity contribution in [2.45, 2.75) is 328 Å². The molecule has 12 heteroatoms. The van der Waals surface area contributed by atoms with Gasteiger partial charge in [-0.3, -0.25) is 23.4 Å². The predicted octanol–water partition coefficient (Wildman–Crippen LogP) is 20.3. The number of aliphatic hydroxyl groups excluding tert-OH is 1. The third-order valence-electron chi connectivity index (χ3n) is 14.4. The summed E-state index contributed by atoms with van der Waals surface area (Å²) in [5.41, 5.74) is 0. The van der Waals surface area contributed by atoms with Crippen LogP contribution < -0.4 is 0 Å². The summed E-state index contributed by atoms with van der Waals surface area (Å²) in [4.78, 5) is 48.8. The summed E-state index contributed by atoms with van der Waals surface area (Å²) in [7, 11) is -4.76. The summed E-state index contributed by atoms with van der Waals surface area (Å²) >= 11 is 0. The summed E-state index contributed by atoms with van der Waals surface area (Å²) in [5.74, 6) is -1.48. The quantitative estimate of drug-likeness (QED) is 0.0197. The van der Waals surface area contributed by atoms with E-state index in [0.29, 0.717) is 19.3 Å². The number of allylic oxidation sites excluding steroid dienone is 10. The van der Waals surface area contributed by atoms with E-state index in [1.165, 1.54) is 167 Å². The molecule has 80 heavy (non-hydrogen) atoms. The Labute approximate surface area is 491 Å². The maximum Gasteiger partial charge on any atom is 0.472 e. The van der Waals surface area contributed by atoms with Crippen molar-refractivity contribution in [1.82, 2.24) is 0 Å². The van der Waals surface area contributed by atoms with Crippen molar-refractivity contribution in [2.75, 3.05) is 26.4 Å². The fourth-order valence-corrected chi connectivity index (χ4v) is 10.2. The van der Waals surface area contributed by atoms with Crippen molar-refractivity contribution in [3.8, 4) is 0 Å². The van der Waals surface area contributed by atoms with E-state index >= 15 is 0 Å². The van der Waals surface area contributed by atoms with Crippen LogP contribution in [-0.2, 0) is 42.2 Å². The van der Waals surface area contributed by atoms with E-state index in [0.717, 1.165) is 89.9 Å². The lowest BCUT2D eigenvalue weighted by molar-refractivity contribution is -0.161. The Balaban J connectivity index is 4.69. The Kier molecular flexibility index (Phi) is 60.0. The first-order valence-electron chi connectivity index (χ1n) is 33.2. The van der Waals surface area contributed by atoms with Crippen LogP contribution in [-0.4, -0.2) is 66.5 Å². The van der Waals surface area contributed by atoms with Gasteiger partial charge in [-0.2, -0.15) is 0 Å². The van der Waals surface area contributed by atoms with Gasteiger partial charge in [0.2, 0.25) is 0 Å². The van der Waals surface area contributed by atoms with Gasteiger partial charge in [-0.15, -0.1) is 0 Å². The van der Waals surface area contributed by atoms with Gasteiger partial charge in [0.15, 0.2) is 6.10 Å². The molecule has 0 aromatic carbocycles. The second-order valence-corrected chi connectivity index (χ2v) is 23.7. The van der Waals surface area contributed by atoms with Crippen molar-refractivity contribution in [3.05, 3.63) is 60.8 Å². The van der Waals surface area contributed by atoms with E-state index < -0.39 is 57.8 Å². The van der Waals surface area contributed by atoms with Gasteiger partial charge in [-0.1, -0.05) is 274 Å². The van der Waals surface area contributed by atoms with Crippen LogP contribution in [0, 0.1) is 0 Å². The maximum absolute atomic E-state index is 13.0. The number of aliphatic hydroxyl groups is 1. The zero-order chi connectivity index (χ0) is 58.3. The topological polar surface area (TPSA) is 155 Å². The molecule has 0 fully saturated rings. The molecular formula is C68H123O11P. The lowest BCUT2D eigenvalue weighted by Gasteiger charge is -2.21. The molecule has 0 aromatic rings. The van der Waals surface area contributed by atoms with Crippen molar-refractivity contribution in [1.29, 1.82) is 0 Å². The second kappa shape index (κ2) is 62.2. The number of rotatable bonds is 62. The average Bonchev–Trinajstić information content (AvgIpc) is 3.45. The van der Waals surface area contributed by atoms with Gasteiger partial charge >= 0.3 is 25.7 Å². The number of hydrogen-bond acceptors (Lipinski definition) is 10. The highest BCUT2D eigenvalue weighted by molar-refractivity contribution is 7.47. The molecule has 0 aliphatic heterocycles. The molecule has 0 aromatic heterocycles. The van der Waals surface area contributed by atoms with Gasteiger partial charge in [-0.25, -0.2) is 4.57 Å². The molecule has 3 unspecified atom stereocenters. The Morgan fingerprint density at radius 3 is 1.01 bits per heavy atom. The van der Waals surface area contributed by atoms with Crippen molar-refractivity contribution in [3.63, 3.8) is 0 Å². The largest absolute Gasteiger partial charge is 0.472 e. The number of carbonyl (C=O) groups excluding carboxylic acids is 3. The molecule has 0 aliphatic carbocycles. The third kappa shape index (κ3) is 59.8. The standard InChI is InChI=1S/C68H123O11P/c1-4-7-10-13-16-19-22-25-28-31-32-35-36-39-42-45-48-51-54-57-66(70)75-61-65(79-68(72)59-56-53-50-47-44-41-38-34-30-27-24-21-18-15-12-9-6-3)63-77-80(73,74)76-62-64(60-69)78-67(71)58-55-52-49-46-43-40-37-33-29-26-23-20-17-14-11-8-5-2/h9,12,18,21,25,27-28,30,38,41,64-65,69H,4-8,10-11,13-17,19-20,22-24,26,29,31-37,39-40,42-63H2,1-3H3,(H,73,74)/b12-9-,21-18-,28-25-,30-27-,41-38-. The fourth-order valence-electron chi connectivity index (χ4n) is 9.40. The smallest absolute Gasteiger partial charge is 0.462 e. The number of esters is 3. The highest BCUT2D eigenvalue weighted by Crippen LogP contribution is 2.43. The molecule has 0 aliphatic rings. The number of phosphoric ester groups is 1. The van der Waals surface area contributed by atoms with Crippen LogP contribution in [0.3, 0.4) is 0 Å². The van der Waals surface area contributed by atoms with Crippen LogP contribution in [0.4, 0.5) is 0 Å². The lowest BCUT2D eigenvalue weighted by Crippen LogP contribution is -2.30. The highest BCUT2D eigenvalue weighted by Gasteiger charge is 2.28. The number of unbranched alkanes of at least 4 members (excludes halogenated alkanes) is 35. The van der Waals surface area contributed by atoms with Gasteiger partial charge in [0, 0.05) is 19.3 Å². The zero-order valence-corrected chi connectivity index (χ0v) is 52.7. The van der Waals surface area contributed by atoms with Gasteiger partial charge < -0.3 is 24.2 Å². The number of phosphoric acid groups is 1. The Bertz CT molecular complexity index is 1570. The molecular weight excluding hydrogens is 1020 g/mol. The Hall–Kier alpha value is -2.82. The van der Waals surface area contributed by atoms with E-state index in [4.69, 9.17) is 23.3 Å². The minimum Gasteiger partial charge on any atom is -0.462 e. The average molecular weight is 1150 g/mol. The summed E-state index contributed by atoms with van der Waals surface area (Å²) < 4.78 is 39.7. The monoisotopic (exact) mass is 1150 g/mol. The van der Waals surface area contributed by atoms with E-state index in [2.05, 4.69) is 81.5 Å². The van der Waals surface area contributed by atoms with Crippen LogP contribution >= 0.6 is 7.82 Å². The number of ether oxygens (including phenoxy) is 3. The van der Waals surface area contributed by atoms with Gasteiger partial charge in [0.05, 0.1) is 19.8 Å². The molecule has 11 nitrogen and oxygen atoms in total. The molecule has 2 N–H and O–H groups in total. The summed E-state index contributed by atoms with van der Waals surface area (Å²) in [5, 5.41) is 9.86. The van der Waals surface area contributed by atoms with Gasteiger partial charge in [0.1, 0.15) is 12.7 Å². The molecule has 0 saturated heterocycles. The van der Waals surface area contributed by atoms with E-state index in [-0.39, 0.29) is 25.9 Å². The highest BCUT2D eigenvalue weighted by atomic mass is 31.2. The van der Waals surface area contributed by atoms with Crippen LogP contribution in [0.5, 0.6) is 0 Å². The van der Waals surface area contributed by atoms with E-state index in [1.54, 1.807) is 0 Å². The minimum absolute atomic E-state index is 0.140. The molecule has 0 saturated carbocycles. The van der Waals surface area contributed by atoms with Gasteiger partial charge in [0.25, 0.3) is 0 Å². The van der Waals surface area contributed by atoms with Crippen molar-refractivity contribution in [2.24, 2.45) is 0 Å². The van der Waals surface area contributed by atoms with Crippen LogP contribution in [0.2, 0.25) is 0 Å². The fraction of sp³-hybridized carbons (Fsp3) is 0.809. The minimum atomic E-state index is -4.76. The molecule has 0 heterocycles. The second-order valence-electron chi connectivity index (χ2n) is 22.3. The molecule has 0 radical (unpaired) electrons. The Morgan fingerprint density at radius 2 is 0.650 bits per heavy atom. The Morgan fingerprint density at radius 1 is 0.362 bits per heavy atom. The van der Waals surface area contributed by atoms with Crippen molar-refractivity contribution >= 4 is 25.7 Å². The number of hydrogen-bond donors (Lipinski definition) is 2. The summed E-state index contributed by atoms with van der Waals surface area (Å²) in [6.45, 7) is 4.56. The summed E-state index contributed by atoms with van der Waals surface area (Å²) in [6.07, 6.45) is 70.3. The van der Waals surface area contributed by atoms with Crippen molar-refractivity contribution < 1.29 is 52.2 Å². The van der Waals surface area contributed by atoms with Crippen LogP contribution in [0.1, 0.15) is 316 Å². The SMILES string of the molecule is CC/C=C\C/C=C\C/C=C\C/C=C\CCCCCCC(=O)OC(COC(=O)CCCCCCCCCCC/C=C\CCCCCCCC)COP(=O)(O)OCC(CO)OC(=O)CCCCCCCCCCCCCCCCCCC. The lowest BCUT2D eigenvalue weighted by atomic mass is 10.0. The zero-order valence-electron chi connectivity index (χ0n) is 51.8. The first-order chi connectivity index (χ1) is 39.2. The molecule has 0 spiro atoms. The molecule has 0 amide bonds. The van der Waals surface area contributed by atoms with Crippen LogP contribution in [0.25, 0.3) is 0 Å². The van der Waals surface area contributed by atoms with Gasteiger partial charge in [-0.05, 0) is 83.5 Å². The predicted molar refractivity (Wildman–Crippen MR) is 335 cm³/mol. The first-order valence-corrected chi connectivity index (χ1v) is 34.7. The van der Waals surface area contributed by atoms with E-state index in [1.807, 2.05) is 0 Å². The first kappa shape index (κ1) is 77.2. The molecule has 0 rings (SSSR count).